The molecule has 1 aliphatic heterocycles. The van der Waals surface area contributed by atoms with Gasteiger partial charge in [0.15, 0.2) is 0 Å². The average Bonchev–Trinajstić information content (AvgIpc) is 2.60. The average molecular weight is 126 g/mol. The summed E-state index contributed by atoms with van der Waals surface area (Å²) in [4.78, 5) is 0. The predicted molar refractivity (Wildman–Crippen MR) is 36.3 cm³/mol. The van der Waals surface area contributed by atoms with Crippen LogP contribution in [0.5, 0.6) is 0 Å². The van der Waals surface area contributed by atoms with Crippen LogP contribution in [0.1, 0.15) is 32.6 Å². The van der Waals surface area contributed by atoms with Crippen molar-refractivity contribution in [2.45, 2.75) is 38.2 Å². The third-order valence-electron chi connectivity index (χ3n) is 2.90. The fraction of sp³-hybridized carbons (Fsp3) is 1.00. The van der Waals surface area contributed by atoms with Crippen molar-refractivity contribution in [2.24, 2.45) is 5.92 Å². The van der Waals surface area contributed by atoms with Gasteiger partial charge in [0.05, 0.1) is 12.2 Å². The number of hydrogen-bond donors (Lipinski definition) is 0. The van der Waals surface area contributed by atoms with Crippen molar-refractivity contribution in [3.63, 3.8) is 0 Å². The van der Waals surface area contributed by atoms with Crippen molar-refractivity contribution in [3.8, 4) is 0 Å². The maximum atomic E-state index is 5.45. The second-order valence-corrected chi connectivity index (χ2v) is 3.50. The zero-order chi connectivity index (χ0) is 6.32. The first-order chi connectivity index (χ1) is 4.33. The molecule has 0 unspecified atom stereocenters. The number of hydrogen-bond acceptors (Lipinski definition) is 1. The van der Waals surface area contributed by atoms with Gasteiger partial charge in [-0.25, -0.2) is 0 Å². The Bertz CT molecular complexity index is 116. The van der Waals surface area contributed by atoms with Gasteiger partial charge in [-0.15, -0.1) is 0 Å². The van der Waals surface area contributed by atoms with Crippen LogP contribution in [-0.4, -0.2) is 12.2 Å². The lowest BCUT2D eigenvalue weighted by atomic mass is 9.81. The van der Waals surface area contributed by atoms with E-state index in [9.17, 15) is 0 Å². The Morgan fingerprint density at radius 2 is 2.22 bits per heavy atom. The minimum atomic E-state index is 0.387. The van der Waals surface area contributed by atoms with E-state index in [2.05, 4.69) is 6.92 Å². The van der Waals surface area contributed by atoms with Gasteiger partial charge in [-0.2, -0.15) is 0 Å². The molecule has 9 heavy (non-hydrogen) atoms. The Labute approximate surface area is 56.4 Å². The molecule has 1 saturated carbocycles. The smallest absolute Gasteiger partial charge is 0.0941 e. The third kappa shape index (κ3) is 0.787. The van der Waals surface area contributed by atoms with Crippen LogP contribution in [0.15, 0.2) is 0 Å². The quantitative estimate of drug-likeness (QED) is 0.452. The van der Waals surface area contributed by atoms with Crippen LogP contribution in [0.25, 0.3) is 0 Å². The van der Waals surface area contributed by atoms with Gasteiger partial charge in [0, 0.05) is 0 Å². The molecule has 0 aromatic rings. The SMILES string of the molecule is C[C@@H]1CCCC[C@]12CO2. The van der Waals surface area contributed by atoms with E-state index >= 15 is 0 Å². The van der Waals surface area contributed by atoms with Crippen molar-refractivity contribution in [3.05, 3.63) is 0 Å². The van der Waals surface area contributed by atoms with Gasteiger partial charge >= 0.3 is 0 Å². The summed E-state index contributed by atoms with van der Waals surface area (Å²) in [5.41, 5.74) is 0.387. The molecule has 0 aromatic heterocycles. The third-order valence-corrected chi connectivity index (χ3v) is 2.90. The van der Waals surface area contributed by atoms with Crippen molar-refractivity contribution in [2.75, 3.05) is 6.61 Å². The molecule has 2 rings (SSSR count). The largest absolute Gasteiger partial charge is 0.369 e. The summed E-state index contributed by atoms with van der Waals surface area (Å²) < 4.78 is 5.45. The van der Waals surface area contributed by atoms with E-state index in [0.717, 1.165) is 12.5 Å². The maximum Gasteiger partial charge on any atom is 0.0941 e. The molecule has 0 aromatic carbocycles. The van der Waals surface area contributed by atoms with Crippen LogP contribution >= 0.6 is 0 Å². The normalized spacial score (nSPS) is 49.7. The van der Waals surface area contributed by atoms with Crippen LogP contribution in [0.2, 0.25) is 0 Å². The molecular formula is C8H14O. The second-order valence-electron chi connectivity index (χ2n) is 3.50. The highest BCUT2D eigenvalue weighted by atomic mass is 16.6. The molecule has 1 heteroatoms. The highest BCUT2D eigenvalue weighted by Crippen LogP contribution is 2.45. The molecule has 0 amide bonds. The van der Waals surface area contributed by atoms with E-state index in [0.29, 0.717) is 5.60 Å². The first kappa shape index (κ1) is 5.72. The van der Waals surface area contributed by atoms with Gasteiger partial charge in [-0.1, -0.05) is 19.8 Å². The monoisotopic (exact) mass is 126 g/mol. The zero-order valence-corrected chi connectivity index (χ0v) is 6.02. The number of rotatable bonds is 0. The van der Waals surface area contributed by atoms with Crippen LogP contribution in [-0.2, 0) is 4.74 Å². The van der Waals surface area contributed by atoms with Crippen molar-refractivity contribution >= 4 is 0 Å². The van der Waals surface area contributed by atoms with Gasteiger partial charge in [-0.05, 0) is 18.8 Å². The topological polar surface area (TPSA) is 12.5 Å². The zero-order valence-electron chi connectivity index (χ0n) is 6.02. The predicted octanol–water partition coefficient (Wildman–Crippen LogP) is 1.97. The summed E-state index contributed by atoms with van der Waals surface area (Å²) in [5, 5.41) is 0. The molecule has 1 saturated heterocycles. The minimum absolute atomic E-state index is 0.387. The molecule has 2 fully saturated rings. The molecule has 0 bridgehead atoms. The van der Waals surface area contributed by atoms with E-state index in [1.165, 1.54) is 25.7 Å². The summed E-state index contributed by atoms with van der Waals surface area (Å²) in [7, 11) is 0. The highest BCUT2D eigenvalue weighted by Gasteiger charge is 2.49. The van der Waals surface area contributed by atoms with E-state index in [4.69, 9.17) is 4.74 Å². The Hall–Kier alpha value is -0.0400. The van der Waals surface area contributed by atoms with Gasteiger partial charge in [0.2, 0.25) is 0 Å². The van der Waals surface area contributed by atoms with Gasteiger partial charge in [0.1, 0.15) is 0 Å². The molecule has 1 aliphatic carbocycles. The first-order valence-corrected chi connectivity index (χ1v) is 3.97. The summed E-state index contributed by atoms with van der Waals surface area (Å²) in [6, 6.07) is 0. The Morgan fingerprint density at radius 3 is 2.67 bits per heavy atom. The van der Waals surface area contributed by atoms with Crippen LogP contribution in [0, 0.1) is 5.92 Å². The summed E-state index contributed by atoms with van der Waals surface area (Å²) in [6.45, 7) is 3.38. The van der Waals surface area contributed by atoms with Gasteiger partial charge in [-0.3, -0.25) is 0 Å². The van der Waals surface area contributed by atoms with Crippen molar-refractivity contribution in [1.29, 1.82) is 0 Å². The van der Waals surface area contributed by atoms with Crippen LogP contribution < -0.4 is 0 Å². The summed E-state index contributed by atoms with van der Waals surface area (Å²) >= 11 is 0. The Balaban J connectivity index is 2.03. The fourth-order valence-electron chi connectivity index (χ4n) is 1.91. The molecule has 1 spiro atoms. The van der Waals surface area contributed by atoms with Crippen LogP contribution in [0.4, 0.5) is 0 Å². The molecule has 0 N–H and O–H groups in total. The van der Waals surface area contributed by atoms with E-state index in [-0.39, 0.29) is 0 Å². The highest BCUT2D eigenvalue weighted by molar-refractivity contribution is 4.98. The molecule has 2 aliphatic rings. The number of ether oxygens (including phenoxy) is 1. The standard InChI is InChI=1S/C8H14O/c1-7-4-2-3-5-8(7)6-9-8/h7H,2-6H2,1H3/t7-,8+/m1/s1. The van der Waals surface area contributed by atoms with Gasteiger partial charge < -0.3 is 4.74 Å². The molecular weight excluding hydrogens is 112 g/mol. The minimum Gasteiger partial charge on any atom is -0.369 e. The van der Waals surface area contributed by atoms with Gasteiger partial charge in [0.25, 0.3) is 0 Å². The maximum absolute atomic E-state index is 5.45. The molecule has 1 heterocycles. The van der Waals surface area contributed by atoms with Crippen molar-refractivity contribution in [1.82, 2.24) is 0 Å². The van der Waals surface area contributed by atoms with Crippen molar-refractivity contribution < 1.29 is 4.74 Å². The lowest BCUT2D eigenvalue weighted by Crippen LogP contribution is -2.25. The molecule has 1 nitrogen and oxygen atoms in total. The van der Waals surface area contributed by atoms with E-state index in [1.807, 2.05) is 0 Å². The Kier molecular flexibility index (Phi) is 1.10. The molecule has 2 atom stereocenters. The lowest BCUT2D eigenvalue weighted by molar-refractivity contribution is 0.171. The molecule has 0 radical (unpaired) electrons. The van der Waals surface area contributed by atoms with E-state index in [1.54, 1.807) is 0 Å². The Morgan fingerprint density at radius 1 is 1.44 bits per heavy atom. The summed E-state index contributed by atoms with van der Waals surface area (Å²) in [5.74, 6) is 0.839. The number of epoxide rings is 1. The first-order valence-electron chi connectivity index (χ1n) is 3.97. The summed E-state index contributed by atoms with van der Waals surface area (Å²) in [6.07, 6.45) is 5.53. The second kappa shape index (κ2) is 1.72. The lowest BCUT2D eigenvalue weighted by Gasteiger charge is -2.24. The molecule has 52 valence electrons. The van der Waals surface area contributed by atoms with Crippen LogP contribution in [0.3, 0.4) is 0 Å². The fourth-order valence-corrected chi connectivity index (χ4v) is 1.91. The van der Waals surface area contributed by atoms with E-state index < -0.39 is 0 Å².